The molecule has 1 aliphatic heterocycles. The fourth-order valence-electron chi connectivity index (χ4n) is 2.29. The quantitative estimate of drug-likeness (QED) is 0.857. The molecule has 19 heavy (non-hydrogen) atoms. The van der Waals surface area contributed by atoms with E-state index in [-0.39, 0.29) is 36.4 Å². The smallest absolute Gasteiger partial charge is 0.312 e. The molecule has 3 atom stereocenters. The fraction of sp³-hybridized carbons (Fsp3) is 0.500. The molecule has 1 aliphatic rings. The average Bonchev–Trinajstić information content (AvgIpc) is 2.78. The highest BCUT2D eigenvalue weighted by molar-refractivity contribution is 5.85. The molecule has 1 aromatic carbocycles. The van der Waals surface area contributed by atoms with E-state index in [0.717, 1.165) is 5.56 Å². The summed E-state index contributed by atoms with van der Waals surface area (Å²) >= 11 is 0. The highest BCUT2D eigenvalue weighted by atomic mass is 35.5. The Bertz CT molecular complexity index is 399. The lowest BCUT2D eigenvalue weighted by atomic mass is 10.0. The van der Waals surface area contributed by atoms with E-state index in [1.54, 1.807) is 0 Å². The van der Waals surface area contributed by atoms with Crippen molar-refractivity contribution in [3.05, 3.63) is 35.9 Å². The van der Waals surface area contributed by atoms with Crippen molar-refractivity contribution in [2.45, 2.75) is 25.7 Å². The molecule has 5 heteroatoms. The lowest BCUT2D eigenvalue weighted by Crippen LogP contribution is -2.34. The molecule has 1 aromatic rings. The largest absolute Gasteiger partial charge is 0.469 e. The Labute approximate surface area is 119 Å². The monoisotopic (exact) mass is 285 g/mol. The molecule has 106 valence electrons. The first-order valence-corrected chi connectivity index (χ1v) is 6.19. The van der Waals surface area contributed by atoms with Crippen LogP contribution in [0.2, 0.25) is 0 Å². The molecule has 4 nitrogen and oxygen atoms in total. The predicted octanol–water partition coefficient (Wildman–Crippen LogP) is 1.77. The van der Waals surface area contributed by atoms with Crippen LogP contribution in [0.3, 0.4) is 0 Å². The fourth-order valence-corrected chi connectivity index (χ4v) is 2.29. The van der Waals surface area contributed by atoms with Gasteiger partial charge < -0.3 is 14.8 Å². The summed E-state index contributed by atoms with van der Waals surface area (Å²) in [6, 6.07) is 10.1. The number of methoxy groups -OCH3 is 1. The Balaban J connectivity index is 0.00000180. The van der Waals surface area contributed by atoms with Crippen LogP contribution in [0.25, 0.3) is 0 Å². The topological polar surface area (TPSA) is 47.6 Å². The van der Waals surface area contributed by atoms with Crippen LogP contribution in [0.15, 0.2) is 30.3 Å². The number of carbonyl (C=O) groups excluding carboxylic acids is 1. The summed E-state index contributed by atoms with van der Waals surface area (Å²) in [6.45, 7) is 3.16. The number of ether oxygens (including phenoxy) is 2. The number of nitrogens with one attached hydrogen (secondary N) is 1. The van der Waals surface area contributed by atoms with Crippen molar-refractivity contribution in [1.82, 2.24) is 5.32 Å². The second-order valence-electron chi connectivity index (χ2n) is 4.59. The van der Waals surface area contributed by atoms with Gasteiger partial charge in [-0.05, 0) is 12.5 Å². The van der Waals surface area contributed by atoms with Gasteiger partial charge in [0, 0.05) is 12.6 Å². The lowest BCUT2D eigenvalue weighted by molar-refractivity contribution is -0.149. The molecule has 2 rings (SSSR count). The van der Waals surface area contributed by atoms with E-state index in [4.69, 9.17) is 9.47 Å². The van der Waals surface area contributed by atoms with Crippen molar-refractivity contribution in [3.8, 4) is 0 Å². The van der Waals surface area contributed by atoms with Crippen molar-refractivity contribution in [3.63, 3.8) is 0 Å². The molecule has 0 unspecified atom stereocenters. The number of rotatable bonds is 4. The summed E-state index contributed by atoms with van der Waals surface area (Å²) < 4.78 is 10.7. The van der Waals surface area contributed by atoms with Crippen LogP contribution in [0.4, 0.5) is 0 Å². The minimum Gasteiger partial charge on any atom is -0.469 e. The minimum atomic E-state index is -0.214. The van der Waals surface area contributed by atoms with Crippen molar-refractivity contribution in [2.24, 2.45) is 5.92 Å². The average molecular weight is 286 g/mol. The normalized spacial score (nSPS) is 25.7. The van der Waals surface area contributed by atoms with E-state index >= 15 is 0 Å². The van der Waals surface area contributed by atoms with E-state index in [1.807, 2.05) is 37.3 Å². The molecule has 0 bridgehead atoms. The summed E-state index contributed by atoms with van der Waals surface area (Å²) in [4.78, 5) is 11.6. The third-order valence-electron chi connectivity index (χ3n) is 3.34. The Morgan fingerprint density at radius 3 is 2.68 bits per heavy atom. The highest BCUT2D eigenvalue weighted by Gasteiger charge is 2.39. The van der Waals surface area contributed by atoms with Crippen molar-refractivity contribution < 1.29 is 14.3 Å². The van der Waals surface area contributed by atoms with Gasteiger partial charge in [-0.2, -0.15) is 0 Å². The molecule has 0 spiro atoms. The number of hydrogen-bond acceptors (Lipinski definition) is 4. The molecule has 0 aliphatic carbocycles. The van der Waals surface area contributed by atoms with Crippen molar-refractivity contribution in [2.75, 3.05) is 13.7 Å². The molecular formula is C14H20ClNO3. The zero-order valence-corrected chi connectivity index (χ0v) is 12.0. The van der Waals surface area contributed by atoms with E-state index in [9.17, 15) is 4.79 Å². The maximum Gasteiger partial charge on any atom is 0.312 e. The molecule has 0 radical (unpaired) electrons. The maximum atomic E-state index is 11.6. The number of halogens is 1. The minimum absolute atomic E-state index is 0. The van der Waals surface area contributed by atoms with Gasteiger partial charge >= 0.3 is 5.97 Å². The van der Waals surface area contributed by atoms with E-state index in [0.29, 0.717) is 13.2 Å². The van der Waals surface area contributed by atoms with Crippen LogP contribution in [0.1, 0.15) is 12.5 Å². The second kappa shape index (κ2) is 7.48. The zero-order valence-electron chi connectivity index (χ0n) is 11.2. The van der Waals surface area contributed by atoms with Crippen LogP contribution in [-0.4, -0.2) is 31.8 Å². The first-order chi connectivity index (χ1) is 8.72. The second-order valence-corrected chi connectivity index (χ2v) is 4.59. The Morgan fingerprint density at radius 1 is 1.37 bits per heavy atom. The molecule has 1 N–H and O–H groups in total. The SMILES string of the molecule is COC(=O)[C@@H]1CN[C@H](C)[C@H]1OCc1ccccc1.Cl. The van der Waals surface area contributed by atoms with Gasteiger partial charge in [-0.25, -0.2) is 0 Å². The number of carbonyl (C=O) groups is 1. The van der Waals surface area contributed by atoms with Crippen LogP contribution in [0, 0.1) is 5.92 Å². The maximum absolute atomic E-state index is 11.6. The molecule has 0 aromatic heterocycles. The molecule has 0 saturated carbocycles. The van der Waals surface area contributed by atoms with Gasteiger partial charge in [0.15, 0.2) is 0 Å². The van der Waals surface area contributed by atoms with E-state index in [1.165, 1.54) is 7.11 Å². The lowest BCUT2D eigenvalue weighted by Gasteiger charge is -2.20. The summed E-state index contributed by atoms with van der Waals surface area (Å²) in [7, 11) is 1.42. The summed E-state index contributed by atoms with van der Waals surface area (Å²) in [6.07, 6.45) is -0.127. The predicted molar refractivity (Wildman–Crippen MR) is 75.2 cm³/mol. The van der Waals surface area contributed by atoms with Crippen LogP contribution in [-0.2, 0) is 20.9 Å². The van der Waals surface area contributed by atoms with Crippen molar-refractivity contribution >= 4 is 18.4 Å². The van der Waals surface area contributed by atoms with Crippen molar-refractivity contribution in [1.29, 1.82) is 0 Å². The molecular weight excluding hydrogens is 266 g/mol. The van der Waals surface area contributed by atoms with Gasteiger partial charge in [-0.15, -0.1) is 12.4 Å². The standard InChI is InChI=1S/C14H19NO3.ClH/c1-10-13(12(8-15-10)14(16)17-2)18-9-11-6-4-3-5-7-11;/h3-7,10,12-13,15H,8-9H2,1-2H3;1H/t10-,12-,13-;/m1./s1. The third kappa shape index (κ3) is 3.93. The Kier molecular flexibility index (Phi) is 6.28. The molecule has 1 fully saturated rings. The van der Waals surface area contributed by atoms with Gasteiger partial charge in [-0.3, -0.25) is 4.79 Å². The zero-order chi connectivity index (χ0) is 13.0. The molecule has 0 amide bonds. The number of benzene rings is 1. The van der Waals surface area contributed by atoms with Crippen LogP contribution < -0.4 is 5.32 Å². The van der Waals surface area contributed by atoms with Gasteiger partial charge in [0.2, 0.25) is 0 Å². The third-order valence-corrected chi connectivity index (χ3v) is 3.34. The number of hydrogen-bond donors (Lipinski definition) is 1. The first-order valence-electron chi connectivity index (χ1n) is 6.19. The van der Waals surface area contributed by atoms with Crippen LogP contribution in [0.5, 0.6) is 0 Å². The van der Waals surface area contributed by atoms with Crippen LogP contribution >= 0.6 is 12.4 Å². The van der Waals surface area contributed by atoms with Gasteiger partial charge in [-0.1, -0.05) is 30.3 Å². The van der Waals surface area contributed by atoms with Gasteiger partial charge in [0.25, 0.3) is 0 Å². The first kappa shape index (κ1) is 16.0. The highest BCUT2D eigenvalue weighted by Crippen LogP contribution is 2.21. The summed E-state index contributed by atoms with van der Waals surface area (Å²) in [5.74, 6) is -0.418. The Morgan fingerprint density at radius 2 is 2.05 bits per heavy atom. The van der Waals surface area contributed by atoms with Gasteiger partial charge in [0.1, 0.15) is 0 Å². The summed E-state index contributed by atoms with van der Waals surface area (Å²) in [5.41, 5.74) is 1.11. The van der Waals surface area contributed by atoms with E-state index < -0.39 is 0 Å². The number of esters is 1. The summed E-state index contributed by atoms with van der Waals surface area (Å²) in [5, 5.41) is 3.25. The van der Waals surface area contributed by atoms with Gasteiger partial charge in [0.05, 0.1) is 25.7 Å². The Hall–Kier alpha value is -1.10. The van der Waals surface area contributed by atoms with E-state index in [2.05, 4.69) is 5.32 Å². The molecule has 1 heterocycles. The molecule has 1 saturated heterocycles.